The molecule has 2 heterocycles. The van der Waals surface area contributed by atoms with E-state index in [1.165, 1.54) is 16.4 Å². The third kappa shape index (κ3) is 6.71. The number of anilines is 3. The Kier molecular flexibility index (Phi) is 10.2. The summed E-state index contributed by atoms with van der Waals surface area (Å²) in [6, 6.07) is 13.6. The highest BCUT2D eigenvalue weighted by atomic mass is 35.5. The number of fused-ring (bicyclic) bond motifs is 1. The first kappa shape index (κ1) is 29.9. The van der Waals surface area contributed by atoms with Gasteiger partial charge in [0.2, 0.25) is 10.0 Å². The van der Waals surface area contributed by atoms with Crippen LogP contribution in [0, 0.1) is 0 Å². The van der Waals surface area contributed by atoms with E-state index in [0.717, 1.165) is 49.9 Å². The molecule has 1 aliphatic heterocycles. The Bertz CT molecular complexity index is 1400. The summed E-state index contributed by atoms with van der Waals surface area (Å²) in [5.41, 5.74) is 1.90. The zero-order valence-electron chi connectivity index (χ0n) is 20.0. The number of nitrogens with zero attached hydrogens (tertiary/aromatic N) is 3. The van der Waals surface area contributed by atoms with E-state index in [1.54, 1.807) is 37.4 Å². The summed E-state index contributed by atoms with van der Waals surface area (Å²) in [5.74, 6) is 0. The summed E-state index contributed by atoms with van der Waals surface area (Å²) in [4.78, 5) is 6.46. The standard InChI is InChI=1S/C23H29N5O4S2.2ClH/c1-3-28(33(2,29)30)23-16-19(27-14-5-11-24-13-15-27)8-10-21(23)26-34(31,32)20-9-7-18-6-4-12-25-22(18)17-20;;/h4,6-10,12,16-17,24,26H,3,5,11,13-15H2,1-2H3;2*1H. The van der Waals surface area contributed by atoms with Crippen molar-refractivity contribution in [3.63, 3.8) is 0 Å². The third-order valence-electron chi connectivity index (χ3n) is 5.77. The molecule has 1 saturated heterocycles. The normalized spacial score (nSPS) is 14.3. The summed E-state index contributed by atoms with van der Waals surface area (Å²) in [6.45, 7) is 5.23. The minimum atomic E-state index is -3.99. The molecule has 1 fully saturated rings. The van der Waals surface area contributed by atoms with E-state index in [2.05, 4.69) is 19.9 Å². The molecule has 0 atom stereocenters. The fourth-order valence-corrected chi connectivity index (χ4v) is 6.19. The quantitative estimate of drug-likeness (QED) is 0.443. The number of aromatic nitrogens is 1. The fourth-order valence-electron chi connectivity index (χ4n) is 4.11. The van der Waals surface area contributed by atoms with Crippen molar-refractivity contribution in [2.75, 3.05) is 52.9 Å². The van der Waals surface area contributed by atoms with Gasteiger partial charge in [-0.15, -0.1) is 24.8 Å². The van der Waals surface area contributed by atoms with Crippen LogP contribution < -0.4 is 19.2 Å². The lowest BCUT2D eigenvalue weighted by Gasteiger charge is -2.28. The van der Waals surface area contributed by atoms with Crippen LogP contribution in [0.5, 0.6) is 0 Å². The van der Waals surface area contributed by atoms with E-state index in [-0.39, 0.29) is 41.9 Å². The van der Waals surface area contributed by atoms with Gasteiger partial charge in [0.25, 0.3) is 10.0 Å². The van der Waals surface area contributed by atoms with Gasteiger partial charge >= 0.3 is 0 Å². The molecule has 0 amide bonds. The van der Waals surface area contributed by atoms with Crippen molar-refractivity contribution in [2.45, 2.75) is 18.2 Å². The zero-order chi connectivity index (χ0) is 24.3. The first-order chi connectivity index (χ1) is 16.2. The van der Waals surface area contributed by atoms with Crippen molar-refractivity contribution >= 4 is 72.8 Å². The first-order valence-electron chi connectivity index (χ1n) is 11.1. The van der Waals surface area contributed by atoms with Gasteiger partial charge in [0, 0.05) is 43.4 Å². The number of rotatable bonds is 7. The molecular formula is C23H31Cl2N5O4S2. The SMILES string of the molecule is CCN(c1cc(N2CCCNCC2)ccc1NS(=O)(=O)c1ccc2cccnc2c1)S(C)(=O)=O.Cl.Cl. The minimum Gasteiger partial charge on any atom is -0.370 e. The Hall–Kier alpha value is -2.31. The van der Waals surface area contributed by atoms with Crippen molar-refractivity contribution in [3.05, 3.63) is 54.7 Å². The van der Waals surface area contributed by atoms with E-state index in [4.69, 9.17) is 0 Å². The molecule has 4 rings (SSSR count). The molecular weight excluding hydrogens is 545 g/mol. The summed E-state index contributed by atoms with van der Waals surface area (Å²) >= 11 is 0. The van der Waals surface area contributed by atoms with E-state index in [0.29, 0.717) is 11.2 Å². The minimum absolute atomic E-state index is 0. The van der Waals surface area contributed by atoms with Crippen LogP contribution in [-0.4, -0.2) is 60.8 Å². The molecule has 0 unspecified atom stereocenters. The molecule has 198 valence electrons. The summed E-state index contributed by atoms with van der Waals surface area (Å²) in [5, 5.41) is 4.17. The largest absolute Gasteiger partial charge is 0.370 e. The van der Waals surface area contributed by atoms with Gasteiger partial charge in [0.15, 0.2) is 0 Å². The maximum absolute atomic E-state index is 13.3. The predicted octanol–water partition coefficient (Wildman–Crippen LogP) is 3.46. The maximum atomic E-state index is 13.3. The van der Waals surface area contributed by atoms with Crippen molar-refractivity contribution in [3.8, 4) is 0 Å². The number of hydrogen-bond donors (Lipinski definition) is 2. The summed E-state index contributed by atoms with van der Waals surface area (Å²) in [6.07, 6.45) is 3.68. The average molecular weight is 577 g/mol. The van der Waals surface area contributed by atoms with Crippen LogP contribution in [0.25, 0.3) is 10.9 Å². The molecule has 36 heavy (non-hydrogen) atoms. The molecule has 0 radical (unpaired) electrons. The molecule has 0 aliphatic carbocycles. The van der Waals surface area contributed by atoms with E-state index in [1.807, 2.05) is 12.1 Å². The van der Waals surface area contributed by atoms with E-state index in [9.17, 15) is 16.8 Å². The van der Waals surface area contributed by atoms with Gasteiger partial charge in [-0.2, -0.15) is 0 Å². The smallest absolute Gasteiger partial charge is 0.262 e. The molecule has 1 aromatic heterocycles. The van der Waals surface area contributed by atoms with Gasteiger partial charge in [0.05, 0.1) is 28.0 Å². The third-order valence-corrected chi connectivity index (χ3v) is 8.39. The number of halogens is 2. The van der Waals surface area contributed by atoms with E-state index < -0.39 is 20.0 Å². The number of hydrogen-bond acceptors (Lipinski definition) is 7. The highest BCUT2D eigenvalue weighted by Gasteiger charge is 2.24. The average Bonchev–Trinajstić information content (AvgIpc) is 3.09. The Balaban J connectivity index is 0.00000228. The summed E-state index contributed by atoms with van der Waals surface area (Å²) < 4.78 is 55.5. The zero-order valence-corrected chi connectivity index (χ0v) is 23.3. The van der Waals surface area contributed by atoms with Crippen LogP contribution in [0.15, 0.2) is 59.6 Å². The lowest BCUT2D eigenvalue weighted by atomic mass is 10.2. The number of nitrogens with one attached hydrogen (secondary N) is 2. The van der Waals surface area contributed by atoms with Crippen LogP contribution in [0.3, 0.4) is 0 Å². The number of benzene rings is 2. The maximum Gasteiger partial charge on any atom is 0.262 e. The second-order valence-corrected chi connectivity index (χ2v) is 11.8. The van der Waals surface area contributed by atoms with Gasteiger partial charge in [-0.05, 0) is 56.3 Å². The Morgan fingerprint density at radius 2 is 1.81 bits per heavy atom. The Labute approximate surface area is 225 Å². The Morgan fingerprint density at radius 3 is 2.53 bits per heavy atom. The molecule has 9 nitrogen and oxygen atoms in total. The Morgan fingerprint density at radius 1 is 1.03 bits per heavy atom. The highest BCUT2D eigenvalue weighted by Crippen LogP contribution is 2.34. The highest BCUT2D eigenvalue weighted by molar-refractivity contribution is 7.93. The van der Waals surface area contributed by atoms with Crippen molar-refractivity contribution in [1.29, 1.82) is 0 Å². The lowest BCUT2D eigenvalue weighted by molar-refractivity contribution is 0.596. The first-order valence-corrected chi connectivity index (χ1v) is 14.5. The monoisotopic (exact) mass is 575 g/mol. The van der Waals surface area contributed by atoms with E-state index >= 15 is 0 Å². The topological polar surface area (TPSA) is 112 Å². The molecule has 3 aromatic rings. The predicted molar refractivity (Wildman–Crippen MR) is 151 cm³/mol. The molecule has 1 aliphatic rings. The van der Waals surface area contributed by atoms with Crippen molar-refractivity contribution in [1.82, 2.24) is 10.3 Å². The van der Waals surface area contributed by atoms with Gasteiger partial charge in [-0.3, -0.25) is 14.0 Å². The van der Waals surface area contributed by atoms with Crippen LogP contribution in [-0.2, 0) is 20.0 Å². The van der Waals surface area contributed by atoms with Crippen LogP contribution in [0.2, 0.25) is 0 Å². The van der Waals surface area contributed by atoms with Crippen LogP contribution in [0.4, 0.5) is 17.1 Å². The molecule has 0 bridgehead atoms. The molecule has 2 N–H and O–H groups in total. The van der Waals surface area contributed by atoms with Crippen LogP contribution >= 0.6 is 24.8 Å². The molecule has 2 aromatic carbocycles. The van der Waals surface area contributed by atoms with Crippen molar-refractivity contribution < 1.29 is 16.8 Å². The van der Waals surface area contributed by atoms with Crippen LogP contribution in [0.1, 0.15) is 13.3 Å². The number of pyridine rings is 1. The van der Waals surface area contributed by atoms with Gasteiger partial charge in [0.1, 0.15) is 0 Å². The van der Waals surface area contributed by atoms with Crippen molar-refractivity contribution in [2.24, 2.45) is 0 Å². The van der Waals surface area contributed by atoms with Gasteiger partial charge in [-0.1, -0.05) is 12.1 Å². The summed E-state index contributed by atoms with van der Waals surface area (Å²) in [7, 11) is -7.63. The van der Waals surface area contributed by atoms with Gasteiger partial charge < -0.3 is 10.2 Å². The molecule has 0 saturated carbocycles. The second-order valence-electron chi connectivity index (χ2n) is 8.18. The molecule has 13 heteroatoms. The number of sulfonamides is 2. The fraction of sp³-hybridized carbons (Fsp3) is 0.348. The second kappa shape index (κ2) is 12.3. The molecule has 0 spiro atoms. The lowest BCUT2D eigenvalue weighted by Crippen LogP contribution is -2.32. The van der Waals surface area contributed by atoms with Gasteiger partial charge in [-0.25, -0.2) is 16.8 Å².